The molecule has 0 saturated heterocycles. The average molecular weight is 281 g/mol. The van der Waals surface area contributed by atoms with Crippen LogP contribution in [0.5, 0.6) is 0 Å². The molecule has 18 heavy (non-hydrogen) atoms. The summed E-state index contributed by atoms with van der Waals surface area (Å²) in [4.78, 5) is 21.6. The molecule has 0 aliphatic heterocycles. The minimum atomic E-state index is 0.190. The maximum absolute atomic E-state index is 5.89. The van der Waals surface area contributed by atoms with Crippen molar-refractivity contribution >= 4 is 39.9 Å². The van der Waals surface area contributed by atoms with E-state index < -0.39 is 0 Å². The van der Waals surface area contributed by atoms with Crippen LogP contribution >= 0.6 is 22.9 Å². The normalized spacial score (nSPS) is 11.0. The van der Waals surface area contributed by atoms with Crippen LogP contribution in [0.25, 0.3) is 11.2 Å². The Labute approximate surface area is 112 Å². The molecule has 0 radical (unpaired) electrons. The fraction of sp³-hybridized carbons (Fsp3) is 0.200. The molecule has 0 fully saturated rings. The zero-order valence-corrected chi connectivity index (χ0v) is 11.0. The molecule has 0 amide bonds. The van der Waals surface area contributed by atoms with E-state index in [4.69, 9.17) is 11.6 Å². The highest BCUT2D eigenvalue weighted by molar-refractivity contribution is 7.07. The number of aromatic nitrogens is 5. The first-order chi connectivity index (χ1) is 8.74. The number of anilines is 1. The number of hydrogen-bond donors (Lipinski definition) is 1. The summed E-state index contributed by atoms with van der Waals surface area (Å²) < 4.78 is 0. The molecule has 3 aromatic heterocycles. The number of fused-ring (bicyclic) bond motifs is 1. The van der Waals surface area contributed by atoms with Gasteiger partial charge in [-0.15, -0.1) is 11.3 Å². The predicted octanol–water partition coefficient (Wildman–Crippen LogP) is 2.10. The topological polar surface area (TPSA) is 70.6 Å². The third kappa shape index (κ3) is 2.02. The Bertz CT molecular complexity index is 664. The van der Waals surface area contributed by atoms with E-state index in [0.29, 0.717) is 12.2 Å². The number of nitrogens with one attached hydrogen (secondary N) is 1. The van der Waals surface area contributed by atoms with Crippen molar-refractivity contribution in [2.45, 2.75) is 6.54 Å². The van der Waals surface area contributed by atoms with E-state index >= 15 is 0 Å². The number of thiazole rings is 1. The van der Waals surface area contributed by atoms with Crippen LogP contribution in [0.2, 0.25) is 5.28 Å². The van der Waals surface area contributed by atoms with Crippen LogP contribution in [0.1, 0.15) is 5.69 Å². The molecule has 8 heteroatoms. The number of aromatic amines is 1. The van der Waals surface area contributed by atoms with E-state index in [1.165, 1.54) is 0 Å². The summed E-state index contributed by atoms with van der Waals surface area (Å²) in [5.74, 6) is 0.718. The Morgan fingerprint density at radius 3 is 3.06 bits per heavy atom. The van der Waals surface area contributed by atoms with Gasteiger partial charge in [-0.3, -0.25) is 0 Å². The maximum atomic E-state index is 5.89. The van der Waals surface area contributed by atoms with Crippen LogP contribution in [0.15, 0.2) is 17.2 Å². The molecule has 0 saturated carbocycles. The summed E-state index contributed by atoms with van der Waals surface area (Å²) in [6, 6.07) is 0. The number of H-pyrrole nitrogens is 1. The van der Waals surface area contributed by atoms with E-state index in [0.717, 1.165) is 17.0 Å². The van der Waals surface area contributed by atoms with Crippen molar-refractivity contribution in [2.75, 3.05) is 11.9 Å². The van der Waals surface area contributed by atoms with Crippen LogP contribution in [0.3, 0.4) is 0 Å². The molecule has 3 rings (SSSR count). The molecule has 1 N–H and O–H groups in total. The Balaban J connectivity index is 2.00. The summed E-state index contributed by atoms with van der Waals surface area (Å²) in [7, 11) is 1.93. The summed E-state index contributed by atoms with van der Waals surface area (Å²) in [6.45, 7) is 0.658. The van der Waals surface area contributed by atoms with Crippen LogP contribution in [0.4, 0.5) is 5.82 Å². The highest BCUT2D eigenvalue weighted by atomic mass is 35.5. The molecular formula is C10H9ClN6S. The largest absolute Gasteiger partial charge is 0.352 e. The van der Waals surface area contributed by atoms with Gasteiger partial charge in [0.2, 0.25) is 5.28 Å². The third-order valence-corrected chi connectivity index (χ3v) is 3.29. The van der Waals surface area contributed by atoms with E-state index in [-0.39, 0.29) is 5.28 Å². The van der Waals surface area contributed by atoms with Gasteiger partial charge in [0.15, 0.2) is 11.5 Å². The minimum Gasteiger partial charge on any atom is -0.352 e. The number of rotatable bonds is 3. The predicted molar refractivity (Wildman–Crippen MR) is 70.9 cm³/mol. The van der Waals surface area contributed by atoms with Crippen LogP contribution < -0.4 is 4.90 Å². The third-order valence-electron chi connectivity index (χ3n) is 2.48. The van der Waals surface area contributed by atoms with E-state index in [2.05, 4.69) is 24.9 Å². The molecule has 0 atom stereocenters. The lowest BCUT2D eigenvalue weighted by Gasteiger charge is -2.17. The summed E-state index contributed by atoms with van der Waals surface area (Å²) in [5.41, 5.74) is 4.14. The maximum Gasteiger partial charge on any atom is 0.226 e. The number of nitrogens with zero attached hydrogens (tertiary/aromatic N) is 5. The SMILES string of the molecule is CN(Cc1cscn1)c1nc(Cl)nc2nc[nH]c12. The fourth-order valence-corrected chi connectivity index (χ4v) is 2.41. The first kappa shape index (κ1) is 11.4. The summed E-state index contributed by atoms with van der Waals surface area (Å²) in [5, 5.41) is 2.19. The quantitative estimate of drug-likeness (QED) is 0.744. The number of halogens is 1. The zero-order chi connectivity index (χ0) is 12.5. The molecule has 0 unspecified atom stereocenters. The van der Waals surface area contributed by atoms with E-state index in [9.17, 15) is 0 Å². The fourth-order valence-electron chi connectivity index (χ4n) is 1.70. The van der Waals surface area contributed by atoms with Gasteiger partial charge in [0.25, 0.3) is 0 Å². The van der Waals surface area contributed by atoms with Crippen LogP contribution in [-0.4, -0.2) is 32.0 Å². The second-order valence-corrected chi connectivity index (χ2v) is 4.81. The van der Waals surface area contributed by atoms with Crippen molar-refractivity contribution in [3.8, 4) is 0 Å². The van der Waals surface area contributed by atoms with Gasteiger partial charge in [0.1, 0.15) is 5.52 Å². The Kier molecular flexibility index (Phi) is 2.85. The smallest absolute Gasteiger partial charge is 0.226 e. The zero-order valence-electron chi connectivity index (χ0n) is 9.46. The standard InChI is InChI=1S/C10H9ClN6S/c1-17(2-6-3-18-5-14-6)9-7-8(13-4-12-7)15-10(11)16-9/h3-5H,2H2,1H3,(H,12,13,15,16). The molecule has 6 nitrogen and oxygen atoms in total. The van der Waals surface area contributed by atoms with Crippen molar-refractivity contribution in [3.63, 3.8) is 0 Å². The van der Waals surface area contributed by atoms with Crippen molar-refractivity contribution in [1.82, 2.24) is 24.9 Å². The lowest BCUT2D eigenvalue weighted by atomic mass is 10.4. The number of imidazole rings is 1. The van der Waals surface area contributed by atoms with E-state index in [1.54, 1.807) is 17.7 Å². The molecule has 0 aromatic carbocycles. The monoisotopic (exact) mass is 280 g/mol. The first-order valence-electron chi connectivity index (χ1n) is 5.19. The molecule has 0 bridgehead atoms. The van der Waals surface area contributed by atoms with Gasteiger partial charge in [-0.25, -0.2) is 9.97 Å². The molecule has 0 aliphatic rings. The molecular weight excluding hydrogens is 272 g/mol. The van der Waals surface area contributed by atoms with Gasteiger partial charge in [0.05, 0.1) is 24.1 Å². The van der Waals surface area contributed by atoms with Gasteiger partial charge in [-0.1, -0.05) is 0 Å². The minimum absolute atomic E-state index is 0.190. The second-order valence-electron chi connectivity index (χ2n) is 3.75. The Morgan fingerprint density at radius 1 is 1.39 bits per heavy atom. The average Bonchev–Trinajstić information content (AvgIpc) is 2.97. The van der Waals surface area contributed by atoms with Crippen molar-refractivity contribution in [1.29, 1.82) is 0 Å². The highest BCUT2D eigenvalue weighted by Gasteiger charge is 2.13. The van der Waals surface area contributed by atoms with Gasteiger partial charge in [-0.2, -0.15) is 9.97 Å². The van der Waals surface area contributed by atoms with Gasteiger partial charge < -0.3 is 9.88 Å². The number of hydrogen-bond acceptors (Lipinski definition) is 6. The van der Waals surface area contributed by atoms with Gasteiger partial charge in [-0.05, 0) is 11.6 Å². The van der Waals surface area contributed by atoms with Crippen molar-refractivity contribution in [3.05, 3.63) is 28.2 Å². The molecule has 3 aromatic rings. The second kappa shape index (κ2) is 4.51. The Morgan fingerprint density at radius 2 is 2.28 bits per heavy atom. The Hall–Kier alpha value is -1.73. The lowest BCUT2D eigenvalue weighted by molar-refractivity contribution is 0.875. The molecule has 92 valence electrons. The highest BCUT2D eigenvalue weighted by Crippen LogP contribution is 2.22. The van der Waals surface area contributed by atoms with E-state index in [1.807, 2.05) is 22.8 Å². The van der Waals surface area contributed by atoms with Gasteiger partial charge in [0, 0.05) is 12.4 Å². The molecule has 3 heterocycles. The van der Waals surface area contributed by atoms with Gasteiger partial charge >= 0.3 is 0 Å². The summed E-state index contributed by atoms with van der Waals surface area (Å²) in [6.07, 6.45) is 1.58. The van der Waals surface area contributed by atoms with Crippen molar-refractivity contribution < 1.29 is 0 Å². The van der Waals surface area contributed by atoms with Crippen LogP contribution in [-0.2, 0) is 6.54 Å². The first-order valence-corrected chi connectivity index (χ1v) is 6.51. The van der Waals surface area contributed by atoms with Crippen LogP contribution in [0, 0.1) is 0 Å². The summed E-state index contributed by atoms with van der Waals surface area (Å²) >= 11 is 7.46. The molecule has 0 spiro atoms. The van der Waals surface area contributed by atoms with Crippen molar-refractivity contribution in [2.24, 2.45) is 0 Å². The lowest BCUT2D eigenvalue weighted by Crippen LogP contribution is -2.18. The molecule has 0 aliphatic carbocycles.